The maximum Gasteiger partial charge on any atom is 0.279 e. The molecule has 0 radical (unpaired) electrons. The number of rotatable bonds is 4. The molecule has 2 unspecified atom stereocenters. The molecule has 22 heavy (non-hydrogen) atoms. The van der Waals surface area contributed by atoms with Crippen molar-refractivity contribution in [2.24, 2.45) is 0 Å². The minimum Gasteiger partial charge on any atom is -0.393 e. The van der Waals surface area contributed by atoms with Gasteiger partial charge in [0.05, 0.1) is 18.2 Å². The van der Waals surface area contributed by atoms with Gasteiger partial charge in [-0.05, 0) is 24.8 Å². The second-order valence-corrected chi connectivity index (χ2v) is 6.99. The number of aliphatic hydroxyl groups is 2. The SMILES string of the molecule is O=C1NC(C2(O)C[C@@H](O)C[C@@H](CCc3ccccc3)O2)CS1. The average molecular weight is 323 g/mol. The summed E-state index contributed by atoms with van der Waals surface area (Å²) in [6.45, 7) is 0. The molecule has 0 bridgehead atoms. The summed E-state index contributed by atoms with van der Waals surface area (Å²) in [4.78, 5) is 11.3. The fraction of sp³-hybridized carbons (Fsp3) is 0.562. The third kappa shape index (κ3) is 3.63. The van der Waals surface area contributed by atoms with Crippen LogP contribution in [-0.4, -0.2) is 45.2 Å². The molecular weight excluding hydrogens is 302 g/mol. The van der Waals surface area contributed by atoms with Gasteiger partial charge in [-0.1, -0.05) is 42.1 Å². The highest BCUT2D eigenvalue weighted by Crippen LogP contribution is 2.35. The highest BCUT2D eigenvalue weighted by Gasteiger charge is 2.48. The third-order valence-electron chi connectivity index (χ3n) is 4.25. The number of nitrogens with one attached hydrogen (secondary N) is 1. The van der Waals surface area contributed by atoms with Gasteiger partial charge >= 0.3 is 0 Å². The smallest absolute Gasteiger partial charge is 0.279 e. The van der Waals surface area contributed by atoms with Crippen molar-refractivity contribution < 1.29 is 19.7 Å². The molecule has 2 heterocycles. The summed E-state index contributed by atoms with van der Waals surface area (Å²) in [5.74, 6) is -1.01. The van der Waals surface area contributed by atoms with Gasteiger partial charge in [0, 0.05) is 12.2 Å². The summed E-state index contributed by atoms with van der Waals surface area (Å²) >= 11 is 1.14. The molecule has 1 aromatic carbocycles. The second kappa shape index (κ2) is 6.58. The Hall–Kier alpha value is -1.08. The molecule has 3 N–H and O–H groups in total. The normalized spacial score (nSPS) is 35.4. The van der Waals surface area contributed by atoms with E-state index >= 15 is 0 Å². The largest absolute Gasteiger partial charge is 0.393 e. The van der Waals surface area contributed by atoms with Gasteiger partial charge in [-0.2, -0.15) is 0 Å². The van der Waals surface area contributed by atoms with Crippen LogP contribution in [0.15, 0.2) is 30.3 Å². The Labute approximate surface area is 134 Å². The molecule has 1 amide bonds. The summed E-state index contributed by atoms with van der Waals surface area (Å²) < 4.78 is 5.87. The van der Waals surface area contributed by atoms with Crippen molar-refractivity contribution in [2.45, 2.75) is 49.7 Å². The molecule has 1 aromatic rings. The summed E-state index contributed by atoms with van der Waals surface area (Å²) in [5, 5.41) is 23.4. The summed E-state index contributed by atoms with van der Waals surface area (Å²) in [5.41, 5.74) is 1.21. The van der Waals surface area contributed by atoms with Crippen LogP contribution in [0.25, 0.3) is 0 Å². The van der Waals surface area contributed by atoms with E-state index in [1.54, 1.807) is 0 Å². The molecule has 4 atom stereocenters. The minimum absolute atomic E-state index is 0.139. The Morgan fingerprint density at radius 1 is 1.36 bits per heavy atom. The minimum atomic E-state index is -1.47. The molecule has 2 aliphatic heterocycles. The van der Waals surface area contributed by atoms with Gasteiger partial charge in [-0.25, -0.2) is 0 Å². The predicted molar refractivity (Wildman–Crippen MR) is 84.6 cm³/mol. The molecule has 0 saturated carbocycles. The molecule has 120 valence electrons. The average Bonchev–Trinajstić information content (AvgIpc) is 2.93. The molecule has 2 saturated heterocycles. The predicted octanol–water partition coefficient (Wildman–Crippen LogP) is 1.67. The Morgan fingerprint density at radius 3 is 2.82 bits per heavy atom. The molecular formula is C16H21NO4S. The zero-order chi connectivity index (χ0) is 15.6. The van der Waals surface area contributed by atoms with Crippen LogP contribution < -0.4 is 5.32 Å². The first-order valence-electron chi connectivity index (χ1n) is 7.60. The van der Waals surface area contributed by atoms with Gasteiger partial charge in [0.2, 0.25) is 0 Å². The zero-order valence-electron chi connectivity index (χ0n) is 12.3. The van der Waals surface area contributed by atoms with Crippen molar-refractivity contribution in [1.82, 2.24) is 5.32 Å². The molecule has 0 aromatic heterocycles. The zero-order valence-corrected chi connectivity index (χ0v) is 13.1. The van der Waals surface area contributed by atoms with E-state index in [2.05, 4.69) is 17.4 Å². The topological polar surface area (TPSA) is 78.8 Å². The van der Waals surface area contributed by atoms with Gasteiger partial charge in [-0.3, -0.25) is 4.79 Å². The Bertz CT molecular complexity index is 526. The van der Waals surface area contributed by atoms with Crippen molar-refractivity contribution in [1.29, 1.82) is 0 Å². The van der Waals surface area contributed by atoms with Crippen molar-refractivity contribution >= 4 is 17.0 Å². The van der Waals surface area contributed by atoms with Crippen molar-refractivity contribution in [3.8, 4) is 0 Å². The number of amides is 1. The van der Waals surface area contributed by atoms with E-state index in [1.165, 1.54) is 5.56 Å². The monoisotopic (exact) mass is 323 g/mol. The van der Waals surface area contributed by atoms with Crippen LogP contribution in [0.5, 0.6) is 0 Å². The highest BCUT2D eigenvalue weighted by molar-refractivity contribution is 8.14. The Kier molecular flexibility index (Phi) is 4.73. The number of aliphatic hydroxyl groups excluding tert-OH is 1. The van der Waals surface area contributed by atoms with E-state index < -0.39 is 17.9 Å². The number of carbonyl (C=O) groups excluding carboxylic acids is 1. The number of aryl methyl sites for hydroxylation is 1. The van der Waals surface area contributed by atoms with Crippen LogP contribution in [0.2, 0.25) is 0 Å². The number of hydrogen-bond acceptors (Lipinski definition) is 5. The van der Waals surface area contributed by atoms with Crippen LogP contribution in [0.1, 0.15) is 24.8 Å². The van der Waals surface area contributed by atoms with Crippen molar-refractivity contribution in [3.63, 3.8) is 0 Å². The maximum absolute atomic E-state index is 11.3. The molecule has 6 heteroatoms. The lowest BCUT2D eigenvalue weighted by atomic mass is 9.91. The van der Waals surface area contributed by atoms with Crippen molar-refractivity contribution in [3.05, 3.63) is 35.9 Å². The Morgan fingerprint density at radius 2 is 2.14 bits per heavy atom. The highest BCUT2D eigenvalue weighted by atomic mass is 32.2. The van der Waals surface area contributed by atoms with Crippen LogP contribution in [0, 0.1) is 0 Å². The van der Waals surface area contributed by atoms with E-state index in [4.69, 9.17) is 4.74 Å². The fourth-order valence-electron chi connectivity index (χ4n) is 3.11. The first-order chi connectivity index (χ1) is 10.5. The molecule has 2 aliphatic rings. The summed E-state index contributed by atoms with van der Waals surface area (Å²) in [6, 6.07) is 9.61. The Balaban J connectivity index is 1.62. The quantitative estimate of drug-likeness (QED) is 0.785. The molecule has 5 nitrogen and oxygen atoms in total. The van der Waals surface area contributed by atoms with E-state index in [0.29, 0.717) is 12.2 Å². The first kappa shape index (κ1) is 15.8. The summed E-state index contributed by atoms with van der Waals surface area (Å²) in [6.07, 6.45) is 1.40. The number of benzene rings is 1. The van der Waals surface area contributed by atoms with Crippen molar-refractivity contribution in [2.75, 3.05) is 5.75 Å². The second-order valence-electron chi connectivity index (χ2n) is 6.00. The number of hydrogen-bond donors (Lipinski definition) is 3. The number of carbonyl (C=O) groups is 1. The lowest BCUT2D eigenvalue weighted by molar-refractivity contribution is -0.282. The van der Waals surface area contributed by atoms with Crippen LogP contribution in [-0.2, 0) is 11.2 Å². The number of ether oxygens (including phenoxy) is 1. The summed E-state index contributed by atoms with van der Waals surface area (Å²) in [7, 11) is 0. The van der Waals surface area contributed by atoms with Crippen LogP contribution in [0.4, 0.5) is 4.79 Å². The van der Waals surface area contributed by atoms with Gasteiger partial charge in [0.1, 0.15) is 0 Å². The van der Waals surface area contributed by atoms with Gasteiger partial charge < -0.3 is 20.3 Å². The lowest BCUT2D eigenvalue weighted by Gasteiger charge is -2.42. The maximum atomic E-state index is 11.3. The van der Waals surface area contributed by atoms with Gasteiger partial charge in [0.25, 0.3) is 5.24 Å². The standard InChI is InChI=1S/C16H21NO4S/c18-12-8-13(7-6-11-4-2-1-3-5-11)21-16(20,9-12)14-10-22-15(19)17-14/h1-5,12-14,18,20H,6-10H2,(H,17,19)/t12-,13+,14?,16?/m0/s1. The molecule has 2 fully saturated rings. The number of thioether (sulfide) groups is 1. The van der Waals surface area contributed by atoms with E-state index in [1.807, 2.05) is 18.2 Å². The van der Waals surface area contributed by atoms with E-state index in [-0.39, 0.29) is 17.8 Å². The lowest BCUT2D eigenvalue weighted by Crippen LogP contribution is -2.58. The fourth-order valence-corrected chi connectivity index (χ4v) is 4.00. The van der Waals surface area contributed by atoms with Gasteiger partial charge in [-0.15, -0.1) is 0 Å². The molecule has 0 aliphatic carbocycles. The van der Waals surface area contributed by atoms with Crippen LogP contribution in [0.3, 0.4) is 0 Å². The van der Waals surface area contributed by atoms with Crippen LogP contribution >= 0.6 is 11.8 Å². The third-order valence-corrected chi connectivity index (χ3v) is 5.13. The molecule has 0 spiro atoms. The first-order valence-corrected chi connectivity index (χ1v) is 8.59. The van der Waals surface area contributed by atoms with E-state index in [0.717, 1.165) is 24.6 Å². The van der Waals surface area contributed by atoms with E-state index in [9.17, 15) is 15.0 Å². The molecule has 3 rings (SSSR count). The van der Waals surface area contributed by atoms with Gasteiger partial charge in [0.15, 0.2) is 5.79 Å².